The summed E-state index contributed by atoms with van der Waals surface area (Å²) >= 11 is 2.24. The second-order valence-corrected chi connectivity index (χ2v) is 5.16. The van der Waals surface area contributed by atoms with Gasteiger partial charge in [-0.3, -0.25) is 0 Å². The van der Waals surface area contributed by atoms with Gasteiger partial charge in [-0.05, 0) is 42.2 Å². The summed E-state index contributed by atoms with van der Waals surface area (Å²) in [6, 6.07) is 11.4. The molecule has 0 saturated heterocycles. The molecule has 18 heavy (non-hydrogen) atoms. The van der Waals surface area contributed by atoms with Gasteiger partial charge in [0.15, 0.2) is 0 Å². The molecule has 2 N–H and O–H groups in total. The smallest absolute Gasteiger partial charge is 0.119 e. The van der Waals surface area contributed by atoms with E-state index >= 15 is 0 Å². The van der Waals surface area contributed by atoms with E-state index in [2.05, 4.69) is 22.6 Å². The fourth-order valence-corrected chi connectivity index (χ4v) is 2.53. The number of rotatable bonds is 3. The highest BCUT2D eigenvalue weighted by molar-refractivity contribution is 14.1. The van der Waals surface area contributed by atoms with Crippen LogP contribution < -0.4 is 0 Å². The number of phenolic OH excluding ortho intramolecular Hbond substituents is 2. The van der Waals surface area contributed by atoms with E-state index in [0.717, 1.165) is 27.5 Å². The molecule has 0 fully saturated rings. The Morgan fingerprint density at radius 1 is 0.944 bits per heavy atom. The van der Waals surface area contributed by atoms with E-state index in [1.54, 1.807) is 12.1 Å². The lowest BCUT2D eigenvalue weighted by Crippen LogP contribution is -1.91. The van der Waals surface area contributed by atoms with Gasteiger partial charge in [-0.15, -0.1) is 0 Å². The zero-order valence-electron chi connectivity index (χ0n) is 10.2. The van der Waals surface area contributed by atoms with E-state index < -0.39 is 0 Å². The Hall–Kier alpha value is -1.23. The first-order chi connectivity index (χ1) is 8.60. The minimum atomic E-state index is 0.331. The van der Waals surface area contributed by atoms with Crippen LogP contribution in [0.2, 0.25) is 0 Å². The van der Waals surface area contributed by atoms with E-state index in [1.807, 2.05) is 31.2 Å². The Morgan fingerprint density at radius 2 is 1.56 bits per heavy atom. The SMILES string of the molecule is Cc1cc(Cc2ccc(O)c(CI)c2)ccc1O. The van der Waals surface area contributed by atoms with Gasteiger partial charge in [0.2, 0.25) is 0 Å². The van der Waals surface area contributed by atoms with Crippen LogP contribution in [0.1, 0.15) is 22.3 Å². The van der Waals surface area contributed by atoms with Crippen molar-refractivity contribution >= 4 is 22.6 Å². The first kappa shape index (κ1) is 13.2. The highest BCUT2D eigenvalue weighted by Crippen LogP contribution is 2.24. The summed E-state index contributed by atoms with van der Waals surface area (Å²) in [5.74, 6) is 0.687. The normalized spacial score (nSPS) is 10.6. The molecule has 0 radical (unpaired) electrons. The van der Waals surface area contributed by atoms with E-state index in [4.69, 9.17) is 0 Å². The Labute approximate surface area is 120 Å². The third-order valence-corrected chi connectivity index (χ3v) is 3.78. The zero-order chi connectivity index (χ0) is 13.1. The van der Waals surface area contributed by atoms with Gasteiger partial charge in [-0.2, -0.15) is 0 Å². The van der Waals surface area contributed by atoms with Crippen molar-refractivity contribution in [2.75, 3.05) is 0 Å². The maximum absolute atomic E-state index is 9.64. The van der Waals surface area contributed by atoms with E-state index in [9.17, 15) is 10.2 Å². The lowest BCUT2D eigenvalue weighted by atomic mass is 10.0. The average Bonchev–Trinajstić information content (AvgIpc) is 2.36. The molecule has 0 aliphatic heterocycles. The second-order valence-electron chi connectivity index (χ2n) is 4.39. The predicted octanol–water partition coefficient (Wildman–Crippen LogP) is 3.93. The van der Waals surface area contributed by atoms with Gasteiger partial charge in [0.05, 0.1) is 0 Å². The lowest BCUT2D eigenvalue weighted by molar-refractivity contribution is 0.470. The molecule has 0 aromatic heterocycles. The van der Waals surface area contributed by atoms with Gasteiger partial charge in [0.1, 0.15) is 11.5 Å². The van der Waals surface area contributed by atoms with Crippen LogP contribution in [0, 0.1) is 6.92 Å². The van der Waals surface area contributed by atoms with Crippen LogP contribution in [0.5, 0.6) is 11.5 Å². The highest BCUT2D eigenvalue weighted by atomic mass is 127. The molecule has 0 bridgehead atoms. The van der Waals surface area contributed by atoms with Gasteiger partial charge >= 0.3 is 0 Å². The molecule has 2 aromatic carbocycles. The van der Waals surface area contributed by atoms with Crippen molar-refractivity contribution in [1.29, 1.82) is 0 Å². The third-order valence-electron chi connectivity index (χ3n) is 2.96. The van der Waals surface area contributed by atoms with Crippen molar-refractivity contribution in [2.45, 2.75) is 17.8 Å². The monoisotopic (exact) mass is 354 g/mol. The van der Waals surface area contributed by atoms with Crippen LogP contribution >= 0.6 is 22.6 Å². The maximum Gasteiger partial charge on any atom is 0.119 e. The van der Waals surface area contributed by atoms with Crippen molar-refractivity contribution in [3.8, 4) is 11.5 Å². The number of halogens is 1. The average molecular weight is 354 g/mol. The lowest BCUT2D eigenvalue weighted by Gasteiger charge is -2.07. The Kier molecular flexibility index (Phi) is 4.11. The van der Waals surface area contributed by atoms with Crippen molar-refractivity contribution in [1.82, 2.24) is 0 Å². The van der Waals surface area contributed by atoms with Crippen LogP contribution in [0.25, 0.3) is 0 Å². The van der Waals surface area contributed by atoms with Gasteiger partial charge in [0, 0.05) is 9.99 Å². The Morgan fingerprint density at radius 3 is 2.17 bits per heavy atom. The van der Waals surface area contributed by atoms with Crippen molar-refractivity contribution in [2.24, 2.45) is 0 Å². The molecule has 0 heterocycles. The summed E-state index contributed by atoms with van der Waals surface area (Å²) in [6.07, 6.45) is 0.811. The highest BCUT2D eigenvalue weighted by Gasteiger charge is 2.04. The van der Waals surface area contributed by atoms with E-state index in [-0.39, 0.29) is 0 Å². The number of aromatic hydroxyl groups is 2. The molecule has 0 amide bonds. The summed E-state index contributed by atoms with van der Waals surface area (Å²) in [5, 5.41) is 19.1. The molecule has 0 aliphatic carbocycles. The van der Waals surface area contributed by atoms with Crippen LogP contribution in [0.15, 0.2) is 36.4 Å². The minimum Gasteiger partial charge on any atom is -0.508 e. The summed E-state index contributed by atoms with van der Waals surface area (Å²) in [7, 11) is 0. The molecule has 0 saturated carbocycles. The molecule has 3 heteroatoms. The van der Waals surface area contributed by atoms with Gasteiger partial charge in [0.25, 0.3) is 0 Å². The fourth-order valence-electron chi connectivity index (χ4n) is 1.92. The number of benzene rings is 2. The van der Waals surface area contributed by atoms with E-state index in [0.29, 0.717) is 11.5 Å². The van der Waals surface area contributed by atoms with Gasteiger partial charge < -0.3 is 10.2 Å². The zero-order valence-corrected chi connectivity index (χ0v) is 12.3. The molecule has 0 atom stereocenters. The van der Waals surface area contributed by atoms with Crippen molar-refractivity contribution in [3.05, 3.63) is 58.7 Å². The summed E-state index contributed by atoms with van der Waals surface area (Å²) in [6.45, 7) is 1.89. The number of hydrogen-bond donors (Lipinski definition) is 2. The first-order valence-corrected chi connectivity index (χ1v) is 7.28. The minimum absolute atomic E-state index is 0.331. The van der Waals surface area contributed by atoms with Crippen molar-refractivity contribution < 1.29 is 10.2 Å². The molecule has 94 valence electrons. The Bertz CT molecular complexity index is 564. The van der Waals surface area contributed by atoms with E-state index in [1.165, 1.54) is 5.56 Å². The number of alkyl halides is 1. The number of aryl methyl sites for hydroxylation is 1. The fraction of sp³-hybridized carbons (Fsp3) is 0.200. The van der Waals surface area contributed by atoms with Crippen molar-refractivity contribution in [3.63, 3.8) is 0 Å². The topological polar surface area (TPSA) is 40.5 Å². The number of phenols is 2. The summed E-state index contributed by atoms with van der Waals surface area (Å²) in [5.41, 5.74) is 4.18. The molecule has 0 aliphatic rings. The molecular weight excluding hydrogens is 339 g/mol. The van der Waals surface area contributed by atoms with Gasteiger partial charge in [-0.25, -0.2) is 0 Å². The molecular formula is C15H15IO2. The molecule has 2 aromatic rings. The molecule has 0 spiro atoms. The van der Waals surface area contributed by atoms with Crippen LogP contribution in [-0.2, 0) is 10.8 Å². The quantitative estimate of drug-likeness (QED) is 0.648. The first-order valence-electron chi connectivity index (χ1n) is 5.75. The van der Waals surface area contributed by atoms with Crippen LogP contribution in [0.3, 0.4) is 0 Å². The third kappa shape index (κ3) is 2.96. The predicted molar refractivity (Wildman–Crippen MR) is 81.5 cm³/mol. The number of hydrogen-bond acceptors (Lipinski definition) is 2. The standard InChI is InChI=1S/C15H15IO2/c1-10-6-11(2-4-14(10)17)7-12-3-5-15(18)13(8-12)9-16/h2-6,8,17-18H,7,9H2,1H3. The molecule has 2 rings (SSSR count). The molecule has 2 nitrogen and oxygen atoms in total. The Balaban J connectivity index is 2.25. The second kappa shape index (κ2) is 5.61. The molecule has 0 unspecified atom stereocenters. The van der Waals surface area contributed by atoms with Crippen LogP contribution in [0.4, 0.5) is 0 Å². The largest absolute Gasteiger partial charge is 0.508 e. The maximum atomic E-state index is 9.64. The summed E-state index contributed by atoms with van der Waals surface area (Å²) < 4.78 is 0.798. The van der Waals surface area contributed by atoms with Crippen LogP contribution in [-0.4, -0.2) is 10.2 Å². The van der Waals surface area contributed by atoms with Gasteiger partial charge in [-0.1, -0.05) is 46.9 Å². The summed E-state index contributed by atoms with van der Waals surface area (Å²) in [4.78, 5) is 0.